The first-order valence-corrected chi connectivity index (χ1v) is 6.56. The molecule has 0 amide bonds. The van der Waals surface area contributed by atoms with Gasteiger partial charge in [-0.3, -0.25) is 9.88 Å². The fourth-order valence-corrected chi connectivity index (χ4v) is 2.27. The van der Waals surface area contributed by atoms with Crippen LogP contribution in [0.1, 0.15) is 25.0 Å². The number of nitriles is 2. The molecule has 1 aliphatic rings. The van der Waals surface area contributed by atoms with E-state index < -0.39 is 5.72 Å². The largest absolute Gasteiger partial charge is 0.466 e. The number of hydrogen-bond acceptors (Lipinski definition) is 6. The first-order valence-electron chi connectivity index (χ1n) is 6.56. The van der Waals surface area contributed by atoms with E-state index in [-0.39, 0.29) is 0 Å². The summed E-state index contributed by atoms with van der Waals surface area (Å²) in [6, 6.07) is 7.25. The number of fused-ring (bicyclic) bond motifs is 1. The van der Waals surface area contributed by atoms with E-state index in [1.54, 1.807) is 35.2 Å². The summed E-state index contributed by atoms with van der Waals surface area (Å²) in [4.78, 5) is 8.66. The second-order valence-electron chi connectivity index (χ2n) is 5.16. The Bertz CT molecular complexity index is 850. The summed E-state index contributed by atoms with van der Waals surface area (Å²) >= 11 is 0. The van der Waals surface area contributed by atoms with Crippen LogP contribution >= 0.6 is 0 Å². The van der Waals surface area contributed by atoms with Crippen LogP contribution in [0.5, 0.6) is 5.75 Å². The summed E-state index contributed by atoms with van der Waals surface area (Å²) in [5, 5.41) is 20.4. The van der Waals surface area contributed by atoms with Gasteiger partial charge in [0.1, 0.15) is 11.6 Å². The molecular weight excluding hydrogens is 280 g/mol. The maximum Gasteiger partial charge on any atom is 0.222 e. The zero-order valence-corrected chi connectivity index (χ0v) is 12.0. The fourth-order valence-electron chi connectivity index (χ4n) is 2.27. The number of rotatable bonds is 1. The van der Waals surface area contributed by atoms with Crippen LogP contribution in [-0.2, 0) is 0 Å². The van der Waals surface area contributed by atoms with Gasteiger partial charge in [-0.05, 0) is 32.0 Å². The summed E-state index contributed by atoms with van der Waals surface area (Å²) in [6.45, 7) is 3.67. The van der Waals surface area contributed by atoms with E-state index in [0.29, 0.717) is 28.7 Å². The summed E-state index contributed by atoms with van der Waals surface area (Å²) in [5.41, 5.74) is 0.423. The van der Waals surface area contributed by atoms with Crippen molar-refractivity contribution in [1.29, 1.82) is 10.5 Å². The molecule has 7 heteroatoms. The molecule has 0 spiro atoms. The molecule has 0 fully saturated rings. The predicted octanol–water partition coefficient (Wildman–Crippen LogP) is 2.07. The van der Waals surface area contributed by atoms with Gasteiger partial charge in [-0.25, -0.2) is 9.98 Å². The van der Waals surface area contributed by atoms with Crippen molar-refractivity contribution in [2.45, 2.75) is 19.6 Å². The highest BCUT2D eigenvalue weighted by Gasteiger charge is 2.30. The molecule has 0 radical (unpaired) electrons. The van der Waals surface area contributed by atoms with Gasteiger partial charge in [0.05, 0.1) is 17.2 Å². The Morgan fingerprint density at radius 2 is 2.14 bits per heavy atom. The molecule has 1 N–H and O–H groups in total. The van der Waals surface area contributed by atoms with Gasteiger partial charge in [0, 0.05) is 12.4 Å². The highest BCUT2D eigenvalue weighted by atomic mass is 16.5. The van der Waals surface area contributed by atoms with E-state index in [1.165, 1.54) is 0 Å². The maximum atomic E-state index is 9.09. The molecule has 0 unspecified atom stereocenters. The third kappa shape index (κ3) is 2.25. The molecule has 1 aromatic heterocycles. The molecule has 2 heterocycles. The Hall–Kier alpha value is -3.32. The average molecular weight is 292 g/mol. The van der Waals surface area contributed by atoms with Crippen LogP contribution in [0.25, 0.3) is 0 Å². The van der Waals surface area contributed by atoms with E-state index in [4.69, 9.17) is 15.3 Å². The second kappa shape index (κ2) is 4.90. The molecule has 0 bridgehead atoms. The number of imidazole rings is 1. The normalized spacial score (nSPS) is 14.8. The molecule has 1 aromatic carbocycles. The van der Waals surface area contributed by atoms with Crippen LogP contribution in [0.4, 0.5) is 5.95 Å². The number of nitrogens with zero attached hydrogens (tertiary/aromatic N) is 5. The Labute approximate surface area is 127 Å². The number of hydrogen-bond donors (Lipinski definition) is 1. The minimum atomic E-state index is -0.759. The van der Waals surface area contributed by atoms with Crippen molar-refractivity contribution in [1.82, 2.24) is 9.55 Å². The molecular formula is C15H12N6O. The van der Waals surface area contributed by atoms with Crippen molar-refractivity contribution in [3.63, 3.8) is 0 Å². The third-order valence-electron chi connectivity index (χ3n) is 3.12. The zero-order chi connectivity index (χ0) is 15.7. The summed E-state index contributed by atoms with van der Waals surface area (Å²) in [5.74, 6) is 1.55. The summed E-state index contributed by atoms with van der Waals surface area (Å²) in [6.07, 6.45) is 5.11. The number of ether oxygens (including phenoxy) is 1. The van der Waals surface area contributed by atoms with Crippen LogP contribution in [0.3, 0.4) is 0 Å². The van der Waals surface area contributed by atoms with E-state index in [1.807, 2.05) is 20.0 Å². The van der Waals surface area contributed by atoms with Gasteiger partial charge in [-0.1, -0.05) is 0 Å². The predicted molar refractivity (Wildman–Crippen MR) is 79.3 cm³/mol. The summed E-state index contributed by atoms with van der Waals surface area (Å²) < 4.78 is 7.49. The molecule has 2 aromatic rings. The van der Waals surface area contributed by atoms with E-state index in [2.05, 4.69) is 21.4 Å². The minimum absolute atomic E-state index is 0.354. The van der Waals surface area contributed by atoms with Crippen molar-refractivity contribution >= 4 is 11.8 Å². The molecule has 0 saturated heterocycles. The molecule has 0 saturated carbocycles. The standard InChI is InChI=1S/C15H12N6O/c1-15(2)20-13(21-6-5-18-14(21)19-9-17)11-7-10(8-16)3-4-12(11)22-15/h3-7H,1-2H3,(H,18,19). The third-order valence-corrected chi connectivity index (χ3v) is 3.12. The van der Waals surface area contributed by atoms with Gasteiger partial charge in [-0.2, -0.15) is 10.5 Å². The minimum Gasteiger partial charge on any atom is -0.466 e. The van der Waals surface area contributed by atoms with Crippen molar-refractivity contribution in [2.24, 2.45) is 4.99 Å². The van der Waals surface area contributed by atoms with Gasteiger partial charge in [0.15, 0.2) is 11.9 Å². The zero-order valence-electron chi connectivity index (χ0n) is 12.0. The lowest BCUT2D eigenvalue weighted by atomic mass is 10.1. The Kier molecular flexibility index (Phi) is 3.04. The van der Waals surface area contributed by atoms with Gasteiger partial charge in [0.2, 0.25) is 5.95 Å². The van der Waals surface area contributed by atoms with E-state index in [9.17, 15) is 0 Å². The second-order valence-corrected chi connectivity index (χ2v) is 5.16. The smallest absolute Gasteiger partial charge is 0.222 e. The lowest BCUT2D eigenvalue weighted by Crippen LogP contribution is -2.34. The number of aliphatic imine (C=N–C) groups is 1. The van der Waals surface area contributed by atoms with Gasteiger partial charge < -0.3 is 4.74 Å². The van der Waals surface area contributed by atoms with Crippen LogP contribution in [0, 0.1) is 22.8 Å². The van der Waals surface area contributed by atoms with Crippen molar-refractivity contribution in [3.05, 3.63) is 41.7 Å². The quantitative estimate of drug-likeness (QED) is 0.640. The number of anilines is 1. The molecule has 108 valence electrons. The van der Waals surface area contributed by atoms with Crippen molar-refractivity contribution in [3.8, 4) is 18.0 Å². The number of benzene rings is 1. The topological polar surface area (TPSA) is 99.0 Å². The first kappa shape index (κ1) is 13.7. The molecule has 1 aliphatic heterocycles. The molecule has 7 nitrogen and oxygen atoms in total. The van der Waals surface area contributed by atoms with E-state index in [0.717, 1.165) is 0 Å². The van der Waals surface area contributed by atoms with Gasteiger partial charge >= 0.3 is 0 Å². The number of aromatic nitrogens is 2. The highest BCUT2D eigenvalue weighted by Crippen LogP contribution is 2.32. The van der Waals surface area contributed by atoms with Crippen LogP contribution in [0.15, 0.2) is 35.6 Å². The Morgan fingerprint density at radius 1 is 1.32 bits per heavy atom. The van der Waals surface area contributed by atoms with Gasteiger partial charge in [-0.15, -0.1) is 0 Å². The summed E-state index contributed by atoms with van der Waals surface area (Å²) in [7, 11) is 0. The molecule has 0 aliphatic carbocycles. The Morgan fingerprint density at radius 3 is 2.86 bits per heavy atom. The fraction of sp³-hybridized carbons (Fsp3) is 0.200. The molecule has 0 atom stereocenters. The highest BCUT2D eigenvalue weighted by molar-refractivity contribution is 6.05. The lowest BCUT2D eigenvalue weighted by molar-refractivity contribution is 0.114. The van der Waals surface area contributed by atoms with Crippen LogP contribution < -0.4 is 10.1 Å². The SMILES string of the molecule is CC1(C)N=C(n2ccnc2NC#N)c2cc(C#N)ccc2O1. The van der Waals surface area contributed by atoms with E-state index >= 15 is 0 Å². The maximum absolute atomic E-state index is 9.09. The molecule has 22 heavy (non-hydrogen) atoms. The number of nitrogens with one attached hydrogen (secondary N) is 1. The van der Waals surface area contributed by atoms with Crippen LogP contribution in [0.2, 0.25) is 0 Å². The van der Waals surface area contributed by atoms with Crippen LogP contribution in [-0.4, -0.2) is 21.1 Å². The monoisotopic (exact) mass is 292 g/mol. The average Bonchev–Trinajstić information content (AvgIpc) is 2.93. The molecule has 3 rings (SSSR count). The van der Waals surface area contributed by atoms with Gasteiger partial charge in [0.25, 0.3) is 0 Å². The van der Waals surface area contributed by atoms with Crippen molar-refractivity contribution in [2.75, 3.05) is 5.32 Å². The first-order chi connectivity index (χ1) is 10.5. The Balaban J connectivity index is 2.21. The van der Waals surface area contributed by atoms with Crippen molar-refractivity contribution < 1.29 is 4.74 Å². The lowest BCUT2D eigenvalue weighted by Gasteiger charge is -2.30.